The second-order valence-electron chi connectivity index (χ2n) is 9.82. The van der Waals surface area contributed by atoms with Gasteiger partial charge in [0.15, 0.2) is 0 Å². The zero-order valence-corrected chi connectivity index (χ0v) is 20.6. The Morgan fingerprint density at radius 2 is 0.633 bits per heavy atom. The first-order chi connectivity index (χ1) is 15.0. The first kappa shape index (κ1) is 27.5. The lowest BCUT2D eigenvalue weighted by Gasteiger charge is -2.04. The summed E-state index contributed by atoms with van der Waals surface area (Å²) in [6, 6.07) is 0. The maximum Gasteiger partial charge on any atom is -0.0276 e. The van der Waals surface area contributed by atoms with Crippen LogP contribution in [0.1, 0.15) is 167 Å². The summed E-state index contributed by atoms with van der Waals surface area (Å²) >= 11 is 0. The molecule has 1 aliphatic carbocycles. The molecule has 0 heteroatoms. The Morgan fingerprint density at radius 3 is 1.00 bits per heavy atom. The molecule has 0 aromatic heterocycles. The zero-order valence-electron chi connectivity index (χ0n) is 20.6. The van der Waals surface area contributed by atoms with E-state index in [9.17, 15) is 0 Å². The second kappa shape index (κ2) is 24.7. The molecule has 1 rings (SSSR count). The highest BCUT2D eigenvalue weighted by Gasteiger charge is 1.96. The molecule has 0 nitrogen and oxygen atoms in total. The molecular weight excluding hydrogens is 360 g/mol. The largest absolute Gasteiger partial charge is 0.0845 e. The molecule has 0 saturated carbocycles. The van der Waals surface area contributed by atoms with Gasteiger partial charge in [-0.1, -0.05) is 159 Å². The van der Waals surface area contributed by atoms with Crippen LogP contribution in [0.2, 0.25) is 0 Å². The molecule has 175 valence electrons. The predicted octanol–water partition coefficient (Wildman–Crippen LogP) is 11.1. The summed E-state index contributed by atoms with van der Waals surface area (Å²) in [6.45, 7) is 0. The monoisotopic (exact) mass is 415 g/mol. The second-order valence-corrected chi connectivity index (χ2v) is 9.82. The van der Waals surface area contributed by atoms with Gasteiger partial charge in [-0.15, -0.1) is 0 Å². The molecule has 0 spiro atoms. The fourth-order valence-electron chi connectivity index (χ4n) is 4.69. The van der Waals surface area contributed by atoms with E-state index < -0.39 is 0 Å². The lowest BCUT2D eigenvalue weighted by molar-refractivity contribution is 0.516. The van der Waals surface area contributed by atoms with Gasteiger partial charge in [0.2, 0.25) is 0 Å². The average molecular weight is 416 g/mol. The van der Waals surface area contributed by atoms with Gasteiger partial charge in [0.25, 0.3) is 0 Å². The normalized spacial score (nSPS) is 24.0. The van der Waals surface area contributed by atoms with Crippen LogP contribution in [0.25, 0.3) is 0 Å². The first-order valence-electron chi connectivity index (χ1n) is 14.2. The van der Waals surface area contributed by atoms with Crippen molar-refractivity contribution in [3.63, 3.8) is 0 Å². The molecule has 0 aromatic carbocycles. The number of hydrogen-bond donors (Lipinski definition) is 0. The molecule has 0 bridgehead atoms. The van der Waals surface area contributed by atoms with Gasteiger partial charge in [0, 0.05) is 0 Å². The van der Waals surface area contributed by atoms with Crippen LogP contribution in [0.4, 0.5) is 0 Å². The molecule has 0 saturated heterocycles. The van der Waals surface area contributed by atoms with E-state index >= 15 is 0 Å². The molecule has 0 atom stereocenters. The highest BCUT2D eigenvalue weighted by molar-refractivity contribution is 4.98. The van der Waals surface area contributed by atoms with Gasteiger partial charge in [0.05, 0.1) is 0 Å². The highest BCUT2D eigenvalue weighted by atomic mass is 14.0. The van der Waals surface area contributed by atoms with Crippen molar-refractivity contribution in [2.45, 2.75) is 167 Å². The molecule has 0 fully saturated rings. The molecule has 0 aromatic rings. The van der Waals surface area contributed by atoms with Crippen molar-refractivity contribution >= 4 is 0 Å². The van der Waals surface area contributed by atoms with Gasteiger partial charge in [-0.3, -0.25) is 0 Å². The molecular formula is C30H55. The fraction of sp³-hybridized carbons (Fsp3) is 0.867. The third kappa shape index (κ3) is 22.2. The van der Waals surface area contributed by atoms with Crippen molar-refractivity contribution in [1.29, 1.82) is 0 Å². The summed E-state index contributed by atoms with van der Waals surface area (Å²) in [4.78, 5) is 0. The molecule has 1 radical (unpaired) electrons. The van der Waals surface area contributed by atoms with E-state index in [0.29, 0.717) is 0 Å². The van der Waals surface area contributed by atoms with E-state index in [1.165, 1.54) is 161 Å². The first-order valence-corrected chi connectivity index (χ1v) is 14.2. The summed E-state index contributed by atoms with van der Waals surface area (Å²) in [5, 5.41) is 0. The SMILES string of the molecule is [C]1=C\C=CCCCCCCCCCCCCCCCCCCCCCCCCCC/1. The van der Waals surface area contributed by atoms with Crippen molar-refractivity contribution in [3.05, 3.63) is 24.3 Å². The summed E-state index contributed by atoms with van der Waals surface area (Å²) < 4.78 is 0. The van der Waals surface area contributed by atoms with Gasteiger partial charge in [0.1, 0.15) is 0 Å². The molecule has 0 unspecified atom stereocenters. The van der Waals surface area contributed by atoms with E-state index in [4.69, 9.17) is 0 Å². The van der Waals surface area contributed by atoms with Gasteiger partial charge in [-0.25, -0.2) is 0 Å². The Bertz CT molecular complexity index is 328. The fourth-order valence-corrected chi connectivity index (χ4v) is 4.69. The molecule has 0 heterocycles. The Labute approximate surface area is 191 Å². The van der Waals surface area contributed by atoms with E-state index in [-0.39, 0.29) is 0 Å². The van der Waals surface area contributed by atoms with Gasteiger partial charge < -0.3 is 0 Å². The molecule has 0 amide bonds. The van der Waals surface area contributed by atoms with Crippen molar-refractivity contribution in [2.75, 3.05) is 0 Å². The van der Waals surface area contributed by atoms with Crippen molar-refractivity contribution < 1.29 is 0 Å². The number of hydrogen-bond acceptors (Lipinski definition) is 0. The third-order valence-corrected chi connectivity index (χ3v) is 6.79. The quantitative estimate of drug-likeness (QED) is 0.369. The van der Waals surface area contributed by atoms with Gasteiger partial charge >= 0.3 is 0 Å². The summed E-state index contributed by atoms with van der Waals surface area (Å²) in [5.41, 5.74) is 0. The van der Waals surface area contributed by atoms with Crippen LogP contribution in [-0.2, 0) is 0 Å². The van der Waals surface area contributed by atoms with Crippen LogP contribution >= 0.6 is 0 Å². The third-order valence-electron chi connectivity index (χ3n) is 6.79. The Morgan fingerprint density at radius 1 is 0.333 bits per heavy atom. The predicted molar refractivity (Wildman–Crippen MR) is 137 cm³/mol. The minimum Gasteiger partial charge on any atom is -0.0845 e. The summed E-state index contributed by atoms with van der Waals surface area (Å²) in [6.07, 6.45) is 47.5. The zero-order chi connectivity index (χ0) is 21.2. The van der Waals surface area contributed by atoms with Crippen LogP contribution < -0.4 is 0 Å². The van der Waals surface area contributed by atoms with Crippen LogP contribution in [0.3, 0.4) is 0 Å². The van der Waals surface area contributed by atoms with Crippen molar-refractivity contribution in [2.24, 2.45) is 0 Å². The van der Waals surface area contributed by atoms with Gasteiger partial charge in [-0.05, 0) is 31.8 Å². The minimum atomic E-state index is 1.14. The Balaban J connectivity index is 2.07. The van der Waals surface area contributed by atoms with E-state index in [2.05, 4.69) is 24.3 Å². The maximum atomic E-state index is 3.45. The standard InChI is InChI=1S/C30H55/c1-2-4-6-8-10-12-14-16-18-20-22-24-26-28-30-29-27-25-23-21-19-17-15-13-11-9-7-5-3-1/h1-3H,4,6-30H2. The molecule has 0 aliphatic heterocycles. The number of rotatable bonds is 0. The smallest absolute Gasteiger partial charge is 0.0276 e. The van der Waals surface area contributed by atoms with E-state index in [1.807, 2.05) is 0 Å². The minimum absolute atomic E-state index is 1.14. The van der Waals surface area contributed by atoms with E-state index in [1.54, 1.807) is 0 Å². The Hall–Kier alpha value is -0.520. The van der Waals surface area contributed by atoms with Gasteiger partial charge in [-0.2, -0.15) is 0 Å². The average Bonchev–Trinajstić information content (AvgIpc) is 2.76. The van der Waals surface area contributed by atoms with Crippen molar-refractivity contribution in [3.8, 4) is 0 Å². The van der Waals surface area contributed by atoms with Crippen LogP contribution in [-0.4, -0.2) is 0 Å². The molecule has 1 aliphatic rings. The molecule has 0 N–H and O–H groups in total. The topological polar surface area (TPSA) is 0 Å². The lowest BCUT2D eigenvalue weighted by Crippen LogP contribution is -1.84. The van der Waals surface area contributed by atoms with Crippen LogP contribution in [0.15, 0.2) is 18.2 Å². The highest BCUT2D eigenvalue weighted by Crippen LogP contribution is 2.16. The van der Waals surface area contributed by atoms with Crippen LogP contribution in [0.5, 0.6) is 0 Å². The maximum absolute atomic E-state index is 3.45. The Kier molecular flexibility index (Phi) is 22.7. The van der Waals surface area contributed by atoms with Crippen molar-refractivity contribution in [1.82, 2.24) is 0 Å². The van der Waals surface area contributed by atoms with E-state index in [0.717, 1.165) is 6.42 Å². The lowest BCUT2D eigenvalue weighted by atomic mass is 10.0. The molecule has 30 heavy (non-hydrogen) atoms. The summed E-state index contributed by atoms with van der Waals surface area (Å²) in [7, 11) is 0. The summed E-state index contributed by atoms with van der Waals surface area (Å²) in [5.74, 6) is 0. The number of allylic oxidation sites excluding steroid dienone is 4. The van der Waals surface area contributed by atoms with Crippen LogP contribution in [0, 0.1) is 6.08 Å².